The summed E-state index contributed by atoms with van der Waals surface area (Å²) in [6.07, 6.45) is 1.31. The van der Waals surface area contributed by atoms with E-state index in [-0.39, 0.29) is 28.5 Å². The third-order valence-electron chi connectivity index (χ3n) is 2.62. The summed E-state index contributed by atoms with van der Waals surface area (Å²) in [6.45, 7) is 2.68. The quantitative estimate of drug-likeness (QED) is 0.846. The van der Waals surface area contributed by atoms with Crippen molar-refractivity contribution >= 4 is 16.0 Å². The van der Waals surface area contributed by atoms with Gasteiger partial charge in [-0.1, -0.05) is 5.16 Å². The lowest BCUT2D eigenvalue weighted by Gasteiger charge is -2.05. The molecule has 0 aliphatic carbocycles. The summed E-state index contributed by atoms with van der Waals surface area (Å²) in [5.74, 6) is -1.30. The predicted octanol–water partition coefficient (Wildman–Crippen LogP) is 1.06. The number of aromatic carboxylic acids is 1. The van der Waals surface area contributed by atoms with Gasteiger partial charge in [-0.05, 0) is 13.8 Å². The van der Waals surface area contributed by atoms with E-state index >= 15 is 0 Å². The third-order valence-corrected chi connectivity index (χ3v) is 4.18. The van der Waals surface area contributed by atoms with Crippen LogP contribution < -0.4 is 4.72 Å². The Kier molecular flexibility index (Phi) is 3.64. The molecular formula is C11H12N2O6S. The Hall–Kier alpha value is -2.13. The minimum absolute atomic E-state index is 0.0209. The van der Waals surface area contributed by atoms with Gasteiger partial charge in [0, 0.05) is 6.07 Å². The Morgan fingerprint density at radius 3 is 2.65 bits per heavy atom. The van der Waals surface area contributed by atoms with Gasteiger partial charge in [-0.2, -0.15) is 0 Å². The summed E-state index contributed by atoms with van der Waals surface area (Å²) in [5, 5.41) is 12.7. The molecule has 0 unspecified atom stereocenters. The van der Waals surface area contributed by atoms with Crippen LogP contribution in [0.15, 0.2) is 26.2 Å². The Morgan fingerprint density at radius 1 is 1.40 bits per heavy atom. The summed E-state index contributed by atoms with van der Waals surface area (Å²) >= 11 is 0. The van der Waals surface area contributed by atoms with E-state index in [0.29, 0.717) is 5.69 Å². The monoisotopic (exact) mass is 300 g/mol. The predicted molar refractivity (Wildman–Crippen MR) is 65.7 cm³/mol. The molecule has 2 N–H and O–H groups in total. The molecule has 0 fully saturated rings. The van der Waals surface area contributed by atoms with Crippen molar-refractivity contribution in [2.24, 2.45) is 0 Å². The first-order valence-corrected chi connectivity index (χ1v) is 7.03. The van der Waals surface area contributed by atoms with Gasteiger partial charge in [-0.3, -0.25) is 0 Å². The number of carboxylic acid groups (broad SMARTS) is 1. The second kappa shape index (κ2) is 5.10. The van der Waals surface area contributed by atoms with Gasteiger partial charge in [0.15, 0.2) is 0 Å². The number of sulfonamides is 1. The van der Waals surface area contributed by atoms with E-state index in [2.05, 4.69) is 14.4 Å². The molecule has 9 heteroatoms. The Balaban J connectivity index is 2.37. The molecular weight excluding hydrogens is 288 g/mol. The maximum absolute atomic E-state index is 12.2. The molecule has 2 heterocycles. The lowest BCUT2D eigenvalue weighted by molar-refractivity contribution is 0.0691. The second-order valence-electron chi connectivity index (χ2n) is 4.04. The van der Waals surface area contributed by atoms with E-state index in [4.69, 9.17) is 9.52 Å². The minimum atomic E-state index is -4.03. The van der Waals surface area contributed by atoms with E-state index < -0.39 is 16.0 Å². The second-order valence-corrected chi connectivity index (χ2v) is 5.74. The number of nitrogens with zero attached hydrogens (tertiary/aromatic N) is 1. The number of nitrogens with one attached hydrogen (secondary N) is 1. The molecule has 0 aliphatic rings. The fourth-order valence-electron chi connectivity index (χ4n) is 1.80. The lowest BCUT2D eigenvalue weighted by Crippen LogP contribution is -2.25. The normalized spacial score (nSPS) is 11.7. The average Bonchev–Trinajstić information content (AvgIpc) is 2.94. The molecule has 0 spiro atoms. The summed E-state index contributed by atoms with van der Waals surface area (Å²) in [7, 11) is -4.03. The number of rotatable bonds is 5. The summed E-state index contributed by atoms with van der Waals surface area (Å²) in [6, 6.07) is 1.49. The first kappa shape index (κ1) is 14.3. The standard InChI is InChI=1S/C11H12N2O6S/c1-6-9(11(14)15)10(7(2)19-6)20(16,17)12-5-8-3-4-18-13-8/h3-4,12H,5H2,1-2H3,(H,14,15). The van der Waals surface area contributed by atoms with Gasteiger partial charge in [0.05, 0.1) is 12.2 Å². The van der Waals surface area contributed by atoms with Crippen molar-refractivity contribution in [2.45, 2.75) is 25.3 Å². The van der Waals surface area contributed by atoms with Crippen molar-refractivity contribution in [3.05, 3.63) is 35.1 Å². The van der Waals surface area contributed by atoms with Crippen LogP contribution in [0.5, 0.6) is 0 Å². The molecule has 0 amide bonds. The summed E-state index contributed by atoms with van der Waals surface area (Å²) in [5.41, 5.74) is 0.0125. The van der Waals surface area contributed by atoms with Crippen LogP contribution in [0.1, 0.15) is 27.6 Å². The third kappa shape index (κ3) is 2.58. The smallest absolute Gasteiger partial charge is 0.340 e. The minimum Gasteiger partial charge on any atom is -0.478 e. The van der Waals surface area contributed by atoms with Crippen LogP contribution in [0.2, 0.25) is 0 Å². The van der Waals surface area contributed by atoms with Gasteiger partial charge >= 0.3 is 5.97 Å². The zero-order valence-electron chi connectivity index (χ0n) is 10.7. The van der Waals surface area contributed by atoms with Gasteiger partial charge in [-0.15, -0.1) is 0 Å². The molecule has 2 aromatic heterocycles. The molecule has 20 heavy (non-hydrogen) atoms. The van der Waals surface area contributed by atoms with Crippen LogP contribution in [0.4, 0.5) is 0 Å². The van der Waals surface area contributed by atoms with Crippen molar-refractivity contribution in [1.29, 1.82) is 0 Å². The first-order chi connectivity index (χ1) is 9.33. The van der Waals surface area contributed by atoms with Crippen LogP contribution in [0, 0.1) is 13.8 Å². The summed E-state index contributed by atoms with van der Waals surface area (Å²) < 4.78 is 36.3. The number of hydrogen-bond donors (Lipinski definition) is 2. The van der Waals surface area contributed by atoms with Crippen molar-refractivity contribution in [2.75, 3.05) is 0 Å². The van der Waals surface area contributed by atoms with Crippen molar-refractivity contribution in [3.63, 3.8) is 0 Å². The van der Waals surface area contributed by atoms with Crippen LogP contribution in [-0.4, -0.2) is 24.7 Å². The van der Waals surface area contributed by atoms with E-state index in [1.54, 1.807) is 0 Å². The van der Waals surface area contributed by atoms with Crippen LogP contribution in [0.25, 0.3) is 0 Å². The first-order valence-electron chi connectivity index (χ1n) is 5.55. The maximum Gasteiger partial charge on any atom is 0.340 e. The highest BCUT2D eigenvalue weighted by Gasteiger charge is 2.30. The van der Waals surface area contributed by atoms with Crippen LogP contribution >= 0.6 is 0 Å². The van der Waals surface area contributed by atoms with E-state index in [1.807, 2.05) is 0 Å². The molecule has 108 valence electrons. The molecule has 0 aromatic carbocycles. The molecule has 8 nitrogen and oxygen atoms in total. The maximum atomic E-state index is 12.2. The molecule has 2 rings (SSSR count). The highest BCUT2D eigenvalue weighted by Crippen LogP contribution is 2.26. The SMILES string of the molecule is Cc1oc(C)c(S(=O)(=O)NCc2ccon2)c1C(=O)O. The van der Waals surface area contributed by atoms with Crippen molar-refractivity contribution < 1.29 is 27.3 Å². The Labute approximate surface area is 114 Å². The van der Waals surface area contributed by atoms with Gasteiger partial charge in [0.2, 0.25) is 10.0 Å². The van der Waals surface area contributed by atoms with E-state index in [1.165, 1.54) is 26.2 Å². The highest BCUT2D eigenvalue weighted by atomic mass is 32.2. The van der Waals surface area contributed by atoms with E-state index in [9.17, 15) is 13.2 Å². The summed E-state index contributed by atoms with van der Waals surface area (Å²) in [4.78, 5) is 10.8. The number of hydrogen-bond acceptors (Lipinski definition) is 6. The highest BCUT2D eigenvalue weighted by molar-refractivity contribution is 7.89. The Bertz CT molecular complexity index is 729. The molecule has 0 saturated carbocycles. The molecule has 0 saturated heterocycles. The zero-order valence-corrected chi connectivity index (χ0v) is 11.5. The molecule has 0 bridgehead atoms. The van der Waals surface area contributed by atoms with Gasteiger partial charge in [0.25, 0.3) is 0 Å². The number of carboxylic acids is 1. The number of furan rings is 1. The van der Waals surface area contributed by atoms with Crippen LogP contribution in [0.3, 0.4) is 0 Å². The van der Waals surface area contributed by atoms with Crippen molar-refractivity contribution in [3.8, 4) is 0 Å². The number of carbonyl (C=O) groups is 1. The number of aryl methyl sites for hydroxylation is 2. The van der Waals surface area contributed by atoms with Crippen molar-refractivity contribution in [1.82, 2.24) is 9.88 Å². The van der Waals surface area contributed by atoms with Gasteiger partial charge in [0.1, 0.15) is 28.2 Å². The van der Waals surface area contributed by atoms with Gasteiger partial charge < -0.3 is 14.0 Å². The van der Waals surface area contributed by atoms with E-state index in [0.717, 1.165) is 0 Å². The topological polar surface area (TPSA) is 123 Å². The lowest BCUT2D eigenvalue weighted by atomic mass is 10.2. The molecule has 2 aromatic rings. The fraction of sp³-hybridized carbons (Fsp3) is 0.273. The average molecular weight is 300 g/mol. The Morgan fingerprint density at radius 2 is 2.10 bits per heavy atom. The van der Waals surface area contributed by atoms with Gasteiger partial charge in [-0.25, -0.2) is 17.9 Å². The van der Waals surface area contributed by atoms with Crippen LogP contribution in [-0.2, 0) is 16.6 Å². The fourth-order valence-corrected chi connectivity index (χ4v) is 3.21. The molecule has 0 atom stereocenters. The molecule has 0 radical (unpaired) electrons. The number of aromatic nitrogens is 1. The molecule has 0 aliphatic heterocycles. The zero-order chi connectivity index (χ0) is 14.9. The largest absolute Gasteiger partial charge is 0.478 e.